The van der Waals surface area contributed by atoms with E-state index in [1.807, 2.05) is 61.1 Å². The summed E-state index contributed by atoms with van der Waals surface area (Å²) in [6.07, 6.45) is 0. The van der Waals surface area contributed by atoms with Gasteiger partial charge in [-0.1, -0.05) is 12.1 Å². The maximum Gasteiger partial charge on any atom is 0.120 e. The van der Waals surface area contributed by atoms with E-state index in [4.69, 9.17) is 4.74 Å². The molecule has 0 spiro atoms. The smallest absolute Gasteiger partial charge is 0.120 e. The SMILES string of the molecule is CNc1ccc(-c2c(C#N)c3ccc(OC)cc3n2C)cc1. The van der Waals surface area contributed by atoms with E-state index in [9.17, 15) is 5.26 Å². The van der Waals surface area contributed by atoms with Crippen molar-refractivity contribution in [3.8, 4) is 23.1 Å². The summed E-state index contributed by atoms with van der Waals surface area (Å²) in [5.41, 5.74) is 4.67. The zero-order valence-corrected chi connectivity index (χ0v) is 12.8. The van der Waals surface area contributed by atoms with Gasteiger partial charge < -0.3 is 14.6 Å². The fourth-order valence-electron chi connectivity index (χ4n) is 2.79. The maximum absolute atomic E-state index is 9.61. The molecule has 110 valence electrons. The van der Waals surface area contributed by atoms with Crippen LogP contribution in [0.2, 0.25) is 0 Å². The van der Waals surface area contributed by atoms with Crippen molar-refractivity contribution in [2.75, 3.05) is 19.5 Å². The van der Waals surface area contributed by atoms with Gasteiger partial charge in [-0.3, -0.25) is 0 Å². The number of methoxy groups -OCH3 is 1. The molecule has 0 radical (unpaired) electrons. The largest absolute Gasteiger partial charge is 0.497 e. The number of ether oxygens (including phenoxy) is 1. The standard InChI is InChI=1S/C18H17N3O/c1-20-13-6-4-12(5-7-13)18-16(11-19)15-9-8-14(22-3)10-17(15)21(18)2/h4-10,20H,1-3H3. The van der Waals surface area contributed by atoms with Crippen LogP contribution < -0.4 is 10.1 Å². The zero-order chi connectivity index (χ0) is 15.7. The van der Waals surface area contributed by atoms with Crippen LogP contribution in [0.3, 0.4) is 0 Å². The second-order valence-corrected chi connectivity index (χ2v) is 5.10. The van der Waals surface area contributed by atoms with Crippen molar-refractivity contribution < 1.29 is 4.74 Å². The number of aryl methyl sites for hydroxylation is 1. The average Bonchev–Trinajstić information content (AvgIpc) is 2.86. The van der Waals surface area contributed by atoms with Crippen LogP contribution in [-0.4, -0.2) is 18.7 Å². The zero-order valence-electron chi connectivity index (χ0n) is 12.8. The monoisotopic (exact) mass is 291 g/mol. The molecule has 1 heterocycles. The van der Waals surface area contributed by atoms with Gasteiger partial charge in [-0.05, 0) is 29.8 Å². The molecule has 0 bridgehead atoms. The summed E-state index contributed by atoms with van der Waals surface area (Å²) in [4.78, 5) is 0. The number of nitrogens with zero attached hydrogens (tertiary/aromatic N) is 2. The number of benzene rings is 2. The third-order valence-electron chi connectivity index (χ3n) is 3.97. The quantitative estimate of drug-likeness (QED) is 0.799. The highest BCUT2D eigenvalue weighted by molar-refractivity contribution is 5.95. The molecule has 0 atom stereocenters. The average molecular weight is 291 g/mol. The summed E-state index contributed by atoms with van der Waals surface area (Å²) >= 11 is 0. The number of nitrogens with one attached hydrogen (secondary N) is 1. The van der Waals surface area contributed by atoms with Crippen LogP contribution in [-0.2, 0) is 7.05 Å². The van der Waals surface area contributed by atoms with Gasteiger partial charge in [0.05, 0.1) is 23.9 Å². The summed E-state index contributed by atoms with van der Waals surface area (Å²) < 4.78 is 7.34. The summed E-state index contributed by atoms with van der Waals surface area (Å²) in [7, 11) is 5.51. The summed E-state index contributed by atoms with van der Waals surface area (Å²) in [6, 6.07) is 16.2. The molecular formula is C18H17N3O. The van der Waals surface area contributed by atoms with Gasteiger partial charge in [0.25, 0.3) is 0 Å². The fraction of sp³-hybridized carbons (Fsp3) is 0.167. The van der Waals surface area contributed by atoms with Crippen LogP contribution in [0.1, 0.15) is 5.56 Å². The van der Waals surface area contributed by atoms with Gasteiger partial charge in [0, 0.05) is 31.2 Å². The van der Waals surface area contributed by atoms with Crippen LogP contribution in [0, 0.1) is 11.3 Å². The molecule has 0 saturated carbocycles. The number of rotatable bonds is 3. The number of fused-ring (bicyclic) bond motifs is 1. The van der Waals surface area contributed by atoms with Crippen molar-refractivity contribution in [3.63, 3.8) is 0 Å². The molecule has 0 aliphatic rings. The van der Waals surface area contributed by atoms with Gasteiger partial charge in [0.1, 0.15) is 11.8 Å². The predicted molar refractivity (Wildman–Crippen MR) is 89.2 cm³/mol. The van der Waals surface area contributed by atoms with Crippen molar-refractivity contribution in [1.82, 2.24) is 4.57 Å². The Morgan fingerprint density at radius 3 is 2.45 bits per heavy atom. The Labute approximate surface area is 129 Å². The predicted octanol–water partition coefficient (Wildman–Crippen LogP) is 3.77. The highest BCUT2D eigenvalue weighted by Gasteiger charge is 2.17. The van der Waals surface area contributed by atoms with Crippen LogP contribution >= 0.6 is 0 Å². The van der Waals surface area contributed by atoms with Gasteiger partial charge in [-0.2, -0.15) is 5.26 Å². The highest BCUT2D eigenvalue weighted by atomic mass is 16.5. The van der Waals surface area contributed by atoms with E-state index in [1.54, 1.807) is 7.11 Å². The van der Waals surface area contributed by atoms with Crippen LogP contribution in [0.25, 0.3) is 22.2 Å². The second-order valence-electron chi connectivity index (χ2n) is 5.10. The van der Waals surface area contributed by atoms with Crippen molar-refractivity contribution >= 4 is 16.6 Å². The molecule has 0 saturated heterocycles. The second kappa shape index (κ2) is 5.45. The molecule has 1 N–H and O–H groups in total. The van der Waals surface area contributed by atoms with Gasteiger partial charge >= 0.3 is 0 Å². The normalized spacial score (nSPS) is 10.5. The molecule has 4 nitrogen and oxygen atoms in total. The minimum absolute atomic E-state index is 0.692. The van der Waals surface area contributed by atoms with E-state index >= 15 is 0 Å². The van der Waals surface area contributed by atoms with E-state index in [-0.39, 0.29) is 0 Å². The van der Waals surface area contributed by atoms with E-state index in [1.165, 1.54) is 0 Å². The Kier molecular flexibility index (Phi) is 3.48. The number of hydrogen-bond donors (Lipinski definition) is 1. The summed E-state index contributed by atoms with van der Waals surface area (Å²) in [5, 5.41) is 13.7. The molecule has 0 aliphatic heterocycles. The van der Waals surface area contributed by atoms with E-state index in [0.717, 1.165) is 33.6 Å². The minimum atomic E-state index is 0.692. The maximum atomic E-state index is 9.61. The first-order valence-corrected chi connectivity index (χ1v) is 7.04. The third-order valence-corrected chi connectivity index (χ3v) is 3.97. The summed E-state index contributed by atoms with van der Waals surface area (Å²) in [6.45, 7) is 0. The molecule has 2 aromatic carbocycles. The Balaban J connectivity index is 2.28. The van der Waals surface area contributed by atoms with Crippen LogP contribution in [0.5, 0.6) is 5.75 Å². The van der Waals surface area contributed by atoms with E-state index < -0.39 is 0 Å². The molecule has 22 heavy (non-hydrogen) atoms. The first kappa shape index (κ1) is 14.0. The molecule has 0 fully saturated rings. The summed E-state index contributed by atoms with van der Waals surface area (Å²) in [5.74, 6) is 0.787. The lowest BCUT2D eigenvalue weighted by Gasteiger charge is -2.07. The first-order valence-electron chi connectivity index (χ1n) is 7.04. The van der Waals surface area contributed by atoms with Crippen molar-refractivity contribution in [3.05, 3.63) is 48.0 Å². The Morgan fingerprint density at radius 2 is 1.86 bits per heavy atom. The Morgan fingerprint density at radius 1 is 1.14 bits per heavy atom. The number of nitriles is 1. The van der Waals surface area contributed by atoms with Gasteiger partial charge in [0.2, 0.25) is 0 Å². The van der Waals surface area contributed by atoms with Crippen LogP contribution in [0.4, 0.5) is 5.69 Å². The molecule has 0 aliphatic carbocycles. The first-order chi connectivity index (χ1) is 10.7. The third kappa shape index (κ3) is 2.08. The number of hydrogen-bond acceptors (Lipinski definition) is 3. The van der Waals surface area contributed by atoms with Gasteiger partial charge in [-0.25, -0.2) is 0 Å². The van der Waals surface area contributed by atoms with Crippen molar-refractivity contribution in [2.45, 2.75) is 0 Å². The van der Waals surface area contributed by atoms with Gasteiger partial charge in [0.15, 0.2) is 0 Å². The molecular weight excluding hydrogens is 274 g/mol. The van der Waals surface area contributed by atoms with E-state index in [0.29, 0.717) is 5.56 Å². The fourth-order valence-corrected chi connectivity index (χ4v) is 2.79. The van der Waals surface area contributed by atoms with Gasteiger partial charge in [-0.15, -0.1) is 0 Å². The number of anilines is 1. The van der Waals surface area contributed by atoms with Crippen molar-refractivity contribution in [1.29, 1.82) is 5.26 Å². The Hall–Kier alpha value is -2.93. The Bertz CT molecular complexity index is 870. The van der Waals surface area contributed by atoms with E-state index in [2.05, 4.69) is 11.4 Å². The lowest BCUT2D eigenvalue weighted by atomic mass is 10.1. The lowest BCUT2D eigenvalue weighted by molar-refractivity contribution is 0.415. The number of aromatic nitrogens is 1. The lowest BCUT2D eigenvalue weighted by Crippen LogP contribution is -1.94. The molecule has 3 rings (SSSR count). The molecule has 4 heteroatoms. The van der Waals surface area contributed by atoms with Crippen LogP contribution in [0.15, 0.2) is 42.5 Å². The topological polar surface area (TPSA) is 50.0 Å². The molecule has 0 unspecified atom stereocenters. The molecule has 3 aromatic rings. The highest BCUT2D eigenvalue weighted by Crippen LogP contribution is 2.34. The minimum Gasteiger partial charge on any atom is -0.497 e. The molecule has 0 amide bonds. The van der Waals surface area contributed by atoms with Crippen molar-refractivity contribution in [2.24, 2.45) is 7.05 Å². The molecule has 1 aromatic heterocycles.